The number of hydrogen-bond acceptors (Lipinski definition) is 4. The Balaban J connectivity index is 1.94. The Kier molecular flexibility index (Phi) is 6.05. The SMILES string of the molecule is O=C(CCNS(=O)(=O)c1c(Cl)cccc1Cl)N1CCNCC1. The van der Waals surface area contributed by atoms with Crippen molar-refractivity contribution in [3.8, 4) is 0 Å². The lowest BCUT2D eigenvalue weighted by atomic mass is 10.3. The topological polar surface area (TPSA) is 78.5 Å². The van der Waals surface area contributed by atoms with Crippen LogP contribution >= 0.6 is 23.2 Å². The van der Waals surface area contributed by atoms with E-state index in [0.717, 1.165) is 13.1 Å². The lowest BCUT2D eigenvalue weighted by Crippen LogP contribution is -2.47. The van der Waals surface area contributed by atoms with Crippen LogP contribution in [0, 0.1) is 0 Å². The fourth-order valence-electron chi connectivity index (χ4n) is 2.18. The smallest absolute Gasteiger partial charge is 0.243 e. The molecule has 0 atom stereocenters. The van der Waals surface area contributed by atoms with Crippen LogP contribution in [0.3, 0.4) is 0 Å². The maximum absolute atomic E-state index is 12.2. The van der Waals surface area contributed by atoms with Crippen molar-refractivity contribution in [2.45, 2.75) is 11.3 Å². The van der Waals surface area contributed by atoms with Gasteiger partial charge in [-0.05, 0) is 12.1 Å². The first-order chi connectivity index (χ1) is 10.4. The molecular weight excluding hydrogens is 349 g/mol. The van der Waals surface area contributed by atoms with Gasteiger partial charge in [0.2, 0.25) is 15.9 Å². The first-order valence-corrected chi connectivity index (χ1v) is 9.08. The van der Waals surface area contributed by atoms with Gasteiger partial charge in [-0.3, -0.25) is 4.79 Å². The normalized spacial score (nSPS) is 15.8. The molecule has 2 rings (SSSR count). The Hall–Kier alpha value is -0.860. The molecule has 1 aliphatic rings. The molecule has 1 fully saturated rings. The van der Waals surface area contributed by atoms with E-state index in [1.807, 2.05) is 0 Å². The highest BCUT2D eigenvalue weighted by molar-refractivity contribution is 7.89. The molecule has 1 aromatic rings. The number of hydrogen-bond donors (Lipinski definition) is 2. The highest BCUT2D eigenvalue weighted by Crippen LogP contribution is 2.28. The van der Waals surface area contributed by atoms with Gasteiger partial charge in [0.15, 0.2) is 0 Å². The summed E-state index contributed by atoms with van der Waals surface area (Å²) in [7, 11) is -3.84. The second-order valence-corrected chi connectivity index (χ2v) is 7.35. The van der Waals surface area contributed by atoms with Gasteiger partial charge in [0.1, 0.15) is 4.90 Å². The summed E-state index contributed by atoms with van der Waals surface area (Å²) in [6.07, 6.45) is 0.0985. The summed E-state index contributed by atoms with van der Waals surface area (Å²) in [6.45, 7) is 2.80. The summed E-state index contributed by atoms with van der Waals surface area (Å²) < 4.78 is 26.8. The quantitative estimate of drug-likeness (QED) is 0.818. The molecule has 6 nitrogen and oxygen atoms in total. The van der Waals surface area contributed by atoms with Gasteiger partial charge in [-0.1, -0.05) is 29.3 Å². The van der Waals surface area contributed by atoms with Gasteiger partial charge in [-0.15, -0.1) is 0 Å². The van der Waals surface area contributed by atoms with Crippen LogP contribution in [0.5, 0.6) is 0 Å². The van der Waals surface area contributed by atoms with Crippen molar-refractivity contribution in [2.75, 3.05) is 32.7 Å². The number of amides is 1. The van der Waals surface area contributed by atoms with Crippen molar-refractivity contribution < 1.29 is 13.2 Å². The third-order valence-electron chi connectivity index (χ3n) is 3.29. The van der Waals surface area contributed by atoms with Gasteiger partial charge in [0.05, 0.1) is 10.0 Å². The van der Waals surface area contributed by atoms with Crippen LogP contribution in [0.1, 0.15) is 6.42 Å². The molecule has 0 spiro atoms. The molecule has 1 saturated heterocycles. The van der Waals surface area contributed by atoms with Crippen molar-refractivity contribution in [2.24, 2.45) is 0 Å². The minimum absolute atomic E-state index is 0.00659. The van der Waals surface area contributed by atoms with Crippen molar-refractivity contribution in [3.63, 3.8) is 0 Å². The molecule has 22 heavy (non-hydrogen) atoms. The molecule has 1 aliphatic heterocycles. The van der Waals surface area contributed by atoms with Gasteiger partial charge in [0, 0.05) is 39.1 Å². The summed E-state index contributed by atoms with van der Waals surface area (Å²) in [5, 5.41) is 3.25. The van der Waals surface area contributed by atoms with Crippen molar-refractivity contribution in [3.05, 3.63) is 28.2 Å². The Morgan fingerprint density at radius 2 is 1.82 bits per heavy atom. The molecule has 0 aliphatic carbocycles. The Bertz CT molecular complexity index is 626. The molecule has 1 amide bonds. The van der Waals surface area contributed by atoms with E-state index in [9.17, 15) is 13.2 Å². The zero-order valence-corrected chi connectivity index (χ0v) is 14.1. The standard InChI is InChI=1S/C13H17Cl2N3O3S/c14-10-2-1-3-11(15)13(10)22(20,21)17-5-4-12(19)18-8-6-16-7-9-18/h1-3,16-17H,4-9H2. The molecule has 2 N–H and O–H groups in total. The van der Waals surface area contributed by atoms with E-state index in [0.29, 0.717) is 13.1 Å². The van der Waals surface area contributed by atoms with Crippen LogP contribution in [0.4, 0.5) is 0 Å². The van der Waals surface area contributed by atoms with E-state index in [-0.39, 0.29) is 33.8 Å². The molecule has 0 aromatic heterocycles. The van der Waals surface area contributed by atoms with Gasteiger partial charge >= 0.3 is 0 Å². The van der Waals surface area contributed by atoms with E-state index >= 15 is 0 Å². The first kappa shape index (κ1) is 17.5. The number of halogens is 2. The van der Waals surface area contributed by atoms with Crippen LogP contribution in [0.2, 0.25) is 10.0 Å². The first-order valence-electron chi connectivity index (χ1n) is 6.84. The van der Waals surface area contributed by atoms with Gasteiger partial charge in [-0.2, -0.15) is 0 Å². The van der Waals surface area contributed by atoms with Gasteiger partial charge in [-0.25, -0.2) is 13.1 Å². The average Bonchev–Trinajstić information content (AvgIpc) is 2.47. The average molecular weight is 366 g/mol. The van der Waals surface area contributed by atoms with Crippen molar-refractivity contribution >= 4 is 39.1 Å². The summed E-state index contributed by atoms with van der Waals surface area (Å²) in [5.74, 6) is -0.0746. The molecule has 1 aromatic carbocycles. The van der Waals surface area contributed by atoms with Crippen molar-refractivity contribution in [1.82, 2.24) is 14.9 Å². The predicted molar refractivity (Wildman–Crippen MR) is 85.7 cm³/mol. The fraction of sp³-hybridized carbons (Fsp3) is 0.462. The monoisotopic (exact) mass is 365 g/mol. The highest BCUT2D eigenvalue weighted by atomic mass is 35.5. The Morgan fingerprint density at radius 3 is 2.41 bits per heavy atom. The minimum atomic E-state index is -3.84. The molecule has 0 radical (unpaired) electrons. The second kappa shape index (κ2) is 7.61. The third-order valence-corrected chi connectivity index (χ3v) is 5.70. The zero-order chi connectivity index (χ0) is 16.2. The number of benzene rings is 1. The van der Waals surface area contributed by atoms with E-state index in [1.165, 1.54) is 12.1 Å². The highest BCUT2D eigenvalue weighted by Gasteiger charge is 2.22. The minimum Gasteiger partial charge on any atom is -0.340 e. The Morgan fingerprint density at radius 1 is 1.23 bits per heavy atom. The lowest BCUT2D eigenvalue weighted by Gasteiger charge is -2.27. The summed E-state index contributed by atoms with van der Waals surface area (Å²) in [5.41, 5.74) is 0. The van der Waals surface area contributed by atoms with Crippen LogP contribution in [0.25, 0.3) is 0 Å². The molecule has 122 valence electrons. The molecule has 0 saturated carbocycles. The maximum Gasteiger partial charge on any atom is 0.243 e. The molecule has 0 bridgehead atoms. The molecule has 9 heteroatoms. The Labute approximate surface area is 139 Å². The molecule has 1 heterocycles. The van der Waals surface area contributed by atoms with Crippen LogP contribution < -0.4 is 10.0 Å². The summed E-state index contributed by atoms with van der Waals surface area (Å²) in [6, 6.07) is 4.47. The lowest BCUT2D eigenvalue weighted by molar-refractivity contribution is -0.131. The van der Waals surface area contributed by atoms with Gasteiger partial charge in [0.25, 0.3) is 0 Å². The van der Waals surface area contributed by atoms with Crippen LogP contribution in [-0.2, 0) is 14.8 Å². The summed E-state index contributed by atoms with van der Waals surface area (Å²) in [4.78, 5) is 13.5. The predicted octanol–water partition coefficient (Wildman–Crippen LogP) is 1.09. The van der Waals surface area contributed by atoms with Crippen LogP contribution in [0.15, 0.2) is 23.1 Å². The third kappa shape index (κ3) is 4.33. The number of carbonyl (C=O) groups excluding carboxylic acids is 1. The molecule has 0 unspecified atom stereocenters. The number of nitrogens with zero attached hydrogens (tertiary/aromatic N) is 1. The van der Waals surface area contributed by atoms with E-state index < -0.39 is 10.0 Å². The number of rotatable bonds is 5. The van der Waals surface area contributed by atoms with Gasteiger partial charge < -0.3 is 10.2 Å². The fourth-order valence-corrected chi connectivity index (χ4v) is 4.35. The second-order valence-electron chi connectivity index (χ2n) is 4.83. The van der Waals surface area contributed by atoms with Crippen molar-refractivity contribution in [1.29, 1.82) is 0 Å². The van der Waals surface area contributed by atoms with Crippen LogP contribution in [-0.4, -0.2) is 51.9 Å². The zero-order valence-electron chi connectivity index (χ0n) is 11.8. The van der Waals surface area contributed by atoms with E-state index in [1.54, 1.807) is 11.0 Å². The largest absolute Gasteiger partial charge is 0.340 e. The summed E-state index contributed by atoms with van der Waals surface area (Å²) >= 11 is 11.8. The maximum atomic E-state index is 12.2. The van der Waals surface area contributed by atoms with E-state index in [2.05, 4.69) is 10.0 Å². The number of piperazine rings is 1. The number of sulfonamides is 1. The molecular formula is C13H17Cl2N3O3S. The van der Waals surface area contributed by atoms with E-state index in [4.69, 9.17) is 23.2 Å². The number of nitrogens with one attached hydrogen (secondary N) is 2. The number of carbonyl (C=O) groups is 1.